The maximum atomic E-state index is 17.2. The van der Waals surface area contributed by atoms with Crippen LogP contribution >= 0.6 is 23.2 Å². The molecule has 0 saturated carbocycles. The van der Waals surface area contributed by atoms with Gasteiger partial charge in [0, 0.05) is 95.6 Å². The lowest BCUT2D eigenvalue weighted by Crippen LogP contribution is -2.66. The maximum absolute atomic E-state index is 17.2. The monoisotopic (exact) mass is 1970 g/mol. The van der Waals surface area contributed by atoms with Crippen molar-refractivity contribution >= 4 is 92.3 Å². The Labute approximate surface area is 814 Å². The van der Waals surface area contributed by atoms with Gasteiger partial charge in [0.05, 0.1) is 22.7 Å². The molecule has 8 amide bonds. The minimum Gasteiger partial charge on any atom is -0.508 e. The van der Waals surface area contributed by atoms with E-state index in [0.717, 1.165) is 88.0 Å². The van der Waals surface area contributed by atoms with Crippen molar-refractivity contribution in [2.75, 3.05) is 68.0 Å². The summed E-state index contributed by atoms with van der Waals surface area (Å²) in [5.74, 6) is -15.6. The number of carbonyl (C=O) groups excluding carboxylic acids is 8. The van der Waals surface area contributed by atoms with Crippen LogP contribution < -0.4 is 71.5 Å². The molecule has 0 aliphatic carbocycles. The number of fused-ring (bicyclic) bond motifs is 16. The number of aliphatic hydroxyl groups is 7. The largest absolute Gasteiger partial charge is 0.508 e. The minimum atomic E-state index is -2.43. The molecule has 740 valence electrons. The summed E-state index contributed by atoms with van der Waals surface area (Å²) in [4.78, 5) is 140. The van der Waals surface area contributed by atoms with E-state index in [4.69, 9.17) is 56.4 Å². The lowest BCUT2D eigenvalue weighted by molar-refractivity contribution is -0.277. The van der Waals surface area contributed by atoms with Gasteiger partial charge in [-0.2, -0.15) is 0 Å². The number of nitrogens with zero attached hydrogens (tertiary/aromatic N) is 3. The van der Waals surface area contributed by atoms with Crippen LogP contribution in [0.15, 0.2) is 176 Å². The van der Waals surface area contributed by atoms with Crippen molar-refractivity contribution in [2.45, 2.75) is 142 Å². The molecule has 2 saturated heterocycles. The van der Waals surface area contributed by atoms with Gasteiger partial charge in [-0.3, -0.25) is 43.3 Å². The molecule has 19 rings (SSSR count). The highest BCUT2D eigenvalue weighted by atomic mass is 35.5. The number of aromatic hydroxyl groups is 4. The first-order chi connectivity index (χ1) is 67.6. The number of hydrogen-bond donors (Lipinski definition) is 22. The number of phenols is 4. The molecule has 22 N–H and O–H groups in total. The highest BCUT2D eigenvalue weighted by Gasteiger charge is 2.51. The van der Waals surface area contributed by atoms with E-state index in [1.54, 1.807) is 38.4 Å². The van der Waals surface area contributed by atoms with Crippen LogP contribution in [0.2, 0.25) is 10.0 Å². The molecule has 8 aliphatic heterocycles. The van der Waals surface area contributed by atoms with Crippen LogP contribution in [0.1, 0.15) is 99.2 Å². The summed E-state index contributed by atoms with van der Waals surface area (Å²) < 4.78 is 46.3. The summed E-state index contributed by atoms with van der Waals surface area (Å²) >= 11 is 14.6. The first-order valence-electron chi connectivity index (χ1n) is 45.3. The molecule has 2 fully saturated rings. The van der Waals surface area contributed by atoms with Gasteiger partial charge in [0.2, 0.25) is 59.7 Å². The SMILES string of the molecule is CN(C)CCCNC(=O)C1O[C@@H](Oc2c3cc4cc2Oc2ccc(cc2Cl)[C@@H](O)C2NC(=O)[C@H](NC(=O)[C@@H]4NC(=O)[C@H]4NC(=O)[C@@H](Cc5ccc(cc5)O3)NC(=O)[C@H](N(C)Cc3c[nH]c5ccccc35)c3ccc(O)c(c3)Oc3cc(O)c(Cl)c4c3)c3ccc(O)c(c3)-c3c(O[C@H]4O[C@H](CO)[C@@H](O)[C@H](O)[C@@H]4O)cc(O)cc3[C@@H](C(=O)NCCCN(C)C)NC2=O)C(NCc2c[nH]c3ccccc23)[C@@H](O)C1O. The van der Waals surface area contributed by atoms with Gasteiger partial charge in [0.1, 0.15) is 125 Å². The second-order valence-corrected chi connectivity index (χ2v) is 36.7. The number of aliphatic hydroxyl groups excluding tert-OH is 7. The van der Waals surface area contributed by atoms with Crippen molar-refractivity contribution in [3.63, 3.8) is 0 Å². The Morgan fingerprint density at radius 2 is 1.12 bits per heavy atom. The highest BCUT2D eigenvalue weighted by Crippen LogP contribution is 2.51. The van der Waals surface area contributed by atoms with Crippen LogP contribution in [0.4, 0.5) is 0 Å². The molecule has 9 aromatic carbocycles. The van der Waals surface area contributed by atoms with Gasteiger partial charge in [-0.25, -0.2) is 0 Å². The number of amides is 8. The number of likely N-dealkylation sites (N-methyl/N-ethyl adjacent to an activating group) is 1. The predicted octanol–water partition coefficient (Wildman–Crippen LogP) is 4.92. The Morgan fingerprint density at radius 3 is 1.82 bits per heavy atom. The second kappa shape index (κ2) is 41.9. The molecule has 141 heavy (non-hydrogen) atoms. The smallest absolute Gasteiger partial charge is 0.252 e. The van der Waals surface area contributed by atoms with Gasteiger partial charge in [-0.05, 0) is 191 Å². The van der Waals surface area contributed by atoms with Crippen molar-refractivity contribution in [1.82, 2.24) is 72.5 Å². The normalized spacial score (nSPS) is 24.7. The topological polar surface area (TPSA) is 573 Å². The highest BCUT2D eigenvalue weighted by molar-refractivity contribution is 6.33. The molecule has 17 bridgehead atoms. The number of rotatable bonds is 21. The minimum absolute atomic E-state index is 0.0652. The Kier molecular flexibility index (Phi) is 29.3. The zero-order valence-corrected chi connectivity index (χ0v) is 77.9. The van der Waals surface area contributed by atoms with Gasteiger partial charge in [-0.1, -0.05) is 89.9 Å². The number of hydrogen-bond acceptors (Lipinski definition) is 30. The number of carbonyl (C=O) groups is 8. The van der Waals surface area contributed by atoms with E-state index in [9.17, 15) is 61.0 Å². The summed E-state index contributed by atoms with van der Waals surface area (Å²) in [5.41, 5.74) is 0.491. The number of aromatic amines is 2. The summed E-state index contributed by atoms with van der Waals surface area (Å²) in [6.45, 7) is -0.0550. The fraction of sp³-hybridized carbons (Fsp3) is 0.333. The third kappa shape index (κ3) is 21.0. The second-order valence-electron chi connectivity index (χ2n) is 35.9. The van der Waals surface area contributed by atoms with Crippen LogP contribution in [0, 0.1) is 0 Å². The molecule has 10 heterocycles. The van der Waals surface area contributed by atoms with Crippen molar-refractivity contribution in [1.29, 1.82) is 0 Å². The fourth-order valence-electron chi connectivity index (χ4n) is 18.2. The molecule has 11 aromatic rings. The van der Waals surface area contributed by atoms with Gasteiger partial charge in [-0.15, -0.1) is 0 Å². The van der Waals surface area contributed by atoms with E-state index in [-0.39, 0.29) is 65.9 Å². The Morgan fingerprint density at radius 1 is 0.504 bits per heavy atom. The van der Waals surface area contributed by atoms with E-state index in [1.807, 2.05) is 72.4 Å². The average molecular weight is 1980 g/mol. The van der Waals surface area contributed by atoms with Crippen molar-refractivity contribution in [3.8, 4) is 80.1 Å². The molecule has 40 nitrogen and oxygen atoms in total. The van der Waals surface area contributed by atoms with Gasteiger partial charge in [0.25, 0.3) is 5.91 Å². The van der Waals surface area contributed by atoms with E-state index in [2.05, 4.69) is 57.8 Å². The molecule has 18 atom stereocenters. The predicted molar refractivity (Wildman–Crippen MR) is 507 cm³/mol. The zero-order chi connectivity index (χ0) is 99.8. The first-order valence-corrected chi connectivity index (χ1v) is 46.1. The van der Waals surface area contributed by atoms with E-state index < -0.39 is 254 Å². The van der Waals surface area contributed by atoms with Crippen LogP contribution in [0.25, 0.3) is 32.9 Å². The first kappa shape index (κ1) is 98.7. The molecule has 4 unspecified atom stereocenters. The summed E-state index contributed by atoms with van der Waals surface area (Å²) in [6, 6.07) is 21.9. The van der Waals surface area contributed by atoms with Crippen LogP contribution in [-0.2, 0) is 67.3 Å². The molecular weight excluding hydrogens is 1870 g/mol. The molecule has 0 spiro atoms. The molecule has 0 radical (unpaired) electrons. The third-order valence-electron chi connectivity index (χ3n) is 25.5. The fourth-order valence-corrected chi connectivity index (χ4v) is 18.6. The number of H-pyrrole nitrogens is 2. The standard InChI is InChI=1S/C99H104Cl2N14O26/c1-113(2)28-10-26-102-91(128)77-58-36-52(117)37-69(138-99-87(126)85(124)83(122)72(44-116)139-99)73(58)57-31-46(18-23-64(57)118)75-92(129)112-79(95(132)111-77)82(121)48-20-25-67(60(100)32-48)137-71-35-49-34-70(88(71)140-98-80(106-41-50-40-104-61-14-8-6-12-55(50)61)84(123)86(125)89(141-98)97(134)103-27-11-29-114(3)4)135-53-21-16-45(17-22-53)30-63-90(127)110-78(94(131)109-76(49)93(130)108-75)59-38-54(39-66(120)74(59)101)136-68-33-47(19-24-65(68)119)81(96(133)107-63)115(5)43-51-42-105-62-15-9-7-13-56(51)62/h6-9,12-25,31-40,42,63,72,75-87,89,98-99,104-106,116-126H,10-11,26-30,41,43-44H2,1-5H3,(H,102,128)(H,103,134)(H,107,133)(H,108,130)(H,109,131)(H,110,127)(H,111,132)(H,112,129)/t63-,72-,75-,76-,77+,78+,79?,80?,81-,82-,83-,84-,85+,86?,87+,89?,98-,99+/m1/s1. The molecule has 2 aromatic heterocycles. The van der Waals surface area contributed by atoms with Crippen LogP contribution in [0.5, 0.6) is 69.0 Å². The molecule has 42 heteroatoms. The Hall–Kier alpha value is -13.9. The number of nitrogens with one attached hydrogen (secondary N) is 11. The van der Waals surface area contributed by atoms with Gasteiger partial charge >= 0.3 is 0 Å². The Bertz CT molecular complexity index is 6610. The van der Waals surface area contributed by atoms with Crippen molar-refractivity contribution < 1.29 is 128 Å². The number of benzene rings is 9. The van der Waals surface area contributed by atoms with Crippen molar-refractivity contribution in [2.24, 2.45) is 0 Å². The van der Waals surface area contributed by atoms with E-state index in [1.165, 1.54) is 54.6 Å². The zero-order valence-electron chi connectivity index (χ0n) is 76.3. The number of phenolic OH excluding ortho intramolecular Hbond substituents is 4. The van der Waals surface area contributed by atoms with Gasteiger partial charge < -0.3 is 157 Å². The number of ether oxygens (including phenoxy) is 7. The lowest BCUT2D eigenvalue weighted by Gasteiger charge is -2.42. The lowest BCUT2D eigenvalue weighted by atomic mass is 9.89. The van der Waals surface area contributed by atoms with Crippen LogP contribution in [-0.4, -0.2) is 270 Å². The van der Waals surface area contributed by atoms with Crippen molar-refractivity contribution in [3.05, 3.63) is 236 Å². The third-order valence-corrected chi connectivity index (χ3v) is 26.2. The summed E-state index contributed by atoms with van der Waals surface area (Å²) in [7, 11) is 8.88. The average Bonchev–Trinajstić information content (AvgIpc) is 1.46. The van der Waals surface area contributed by atoms with Gasteiger partial charge in [0.15, 0.2) is 29.1 Å². The summed E-state index contributed by atoms with van der Waals surface area (Å²) in [5, 5.41) is 156. The number of halogens is 2. The number of aromatic nitrogens is 2. The number of para-hydroxylation sites is 2. The van der Waals surface area contributed by atoms with E-state index >= 15 is 33.6 Å². The molecule has 8 aliphatic rings. The summed E-state index contributed by atoms with van der Waals surface area (Å²) in [6.07, 6.45) is -16.2. The Balaban J connectivity index is 0.879. The molecular formula is C99H104Cl2N14O26. The van der Waals surface area contributed by atoms with Crippen LogP contribution in [0.3, 0.4) is 0 Å². The quantitative estimate of drug-likeness (QED) is 0.0424. The van der Waals surface area contributed by atoms with E-state index in [0.29, 0.717) is 37.1 Å². The maximum Gasteiger partial charge on any atom is 0.252 e.